The minimum absolute atomic E-state index is 0. The van der Waals surface area contributed by atoms with Crippen LogP contribution in [0.2, 0.25) is 0 Å². The van der Waals surface area contributed by atoms with E-state index in [-0.39, 0.29) is 12.4 Å². The van der Waals surface area contributed by atoms with Crippen LogP contribution in [0, 0.1) is 17.8 Å². The summed E-state index contributed by atoms with van der Waals surface area (Å²) in [6.07, 6.45) is 3.80. The molecule has 2 bridgehead atoms. The van der Waals surface area contributed by atoms with E-state index in [1.807, 2.05) is 0 Å². The van der Waals surface area contributed by atoms with Crippen molar-refractivity contribution < 1.29 is 0 Å². The lowest BCUT2D eigenvalue weighted by atomic mass is 9.65. The fourth-order valence-corrected chi connectivity index (χ4v) is 5.82. The predicted octanol–water partition coefficient (Wildman–Crippen LogP) is 6.43. The van der Waals surface area contributed by atoms with Gasteiger partial charge in [-0.2, -0.15) is 0 Å². The number of anilines is 1. The molecule has 2 aromatic carbocycles. The standard InChI is InChI=1S/C25H29N3.ClH/c1-17-9-11-18(12-10-17)22-26-21-8-6-5-7-20(21)23(27-22)28-16-25(4)14-19(28)13-24(2,3)15-25;/h5-12,19H,13-16H2,1-4H3;1H. The molecule has 1 saturated heterocycles. The van der Waals surface area contributed by atoms with Gasteiger partial charge in [-0.25, -0.2) is 9.97 Å². The van der Waals surface area contributed by atoms with E-state index in [1.54, 1.807) is 0 Å². The lowest BCUT2D eigenvalue weighted by molar-refractivity contribution is 0.136. The molecule has 2 unspecified atom stereocenters. The summed E-state index contributed by atoms with van der Waals surface area (Å²) < 4.78 is 0. The second-order valence-electron chi connectivity index (χ2n) is 10.1. The maximum absolute atomic E-state index is 5.14. The molecule has 1 aliphatic heterocycles. The molecule has 4 heteroatoms. The molecule has 0 amide bonds. The second-order valence-corrected chi connectivity index (χ2v) is 10.1. The number of nitrogens with zero attached hydrogens (tertiary/aromatic N) is 3. The van der Waals surface area contributed by atoms with Crippen molar-refractivity contribution in [3.63, 3.8) is 0 Å². The van der Waals surface area contributed by atoms with Gasteiger partial charge in [0.2, 0.25) is 0 Å². The van der Waals surface area contributed by atoms with E-state index in [2.05, 4.69) is 81.1 Å². The summed E-state index contributed by atoms with van der Waals surface area (Å²) in [5, 5.41) is 1.17. The van der Waals surface area contributed by atoms with Crippen molar-refractivity contribution in [2.24, 2.45) is 10.8 Å². The average molecular weight is 408 g/mol. The highest BCUT2D eigenvalue weighted by atomic mass is 35.5. The number of rotatable bonds is 2. The molecule has 29 heavy (non-hydrogen) atoms. The Hall–Kier alpha value is -2.13. The van der Waals surface area contributed by atoms with Gasteiger partial charge in [0.1, 0.15) is 5.82 Å². The second kappa shape index (κ2) is 6.98. The number of halogens is 1. The molecule has 2 atom stereocenters. The molecule has 2 fully saturated rings. The van der Waals surface area contributed by atoms with E-state index in [9.17, 15) is 0 Å². The van der Waals surface area contributed by atoms with Crippen molar-refractivity contribution in [1.29, 1.82) is 0 Å². The van der Waals surface area contributed by atoms with Gasteiger partial charge in [-0.15, -0.1) is 12.4 Å². The Bertz CT molecular complexity index is 1040. The largest absolute Gasteiger partial charge is 0.352 e. The first-order valence-electron chi connectivity index (χ1n) is 10.4. The molecule has 2 aliphatic rings. The zero-order chi connectivity index (χ0) is 19.5. The van der Waals surface area contributed by atoms with Crippen LogP contribution < -0.4 is 4.90 Å². The first kappa shape index (κ1) is 20.2. The minimum atomic E-state index is 0. The zero-order valence-electron chi connectivity index (χ0n) is 17.8. The number of hydrogen-bond acceptors (Lipinski definition) is 3. The van der Waals surface area contributed by atoms with E-state index in [0.717, 1.165) is 29.3 Å². The van der Waals surface area contributed by atoms with Crippen LogP contribution in [0.4, 0.5) is 5.82 Å². The van der Waals surface area contributed by atoms with Gasteiger partial charge in [-0.05, 0) is 49.1 Å². The monoisotopic (exact) mass is 407 g/mol. The molecule has 3 nitrogen and oxygen atoms in total. The number of aromatic nitrogens is 2. The Kier molecular flexibility index (Phi) is 4.85. The molecular weight excluding hydrogens is 378 g/mol. The van der Waals surface area contributed by atoms with Crippen LogP contribution in [0.3, 0.4) is 0 Å². The molecule has 0 spiro atoms. The first-order valence-corrected chi connectivity index (χ1v) is 10.4. The lowest BCUT2D eigenvalue weighted by Crippen LogP contribution is -2.35. The highest BCUT2D eigenvalue weighted by molar-refractivity contribution is 5.91. The molecule has 3 aromatic rings. The van der Waals surface area contributed by atoms with E-state index in [1.165, 1.54) is 30.2 Å². The smallest absolute Gasteiger partial charge is 0.162 e. The Morgan fingerprint density at radius 3 is 2.41 bits per heavy atom. The molecule has 5 rings (SSSR count). The number of fused-ring (bicyclic) bond motifs is 3. The molecular formula is C25H30ClN3. The number of aryl methyl sites for hydroxylation is 1. The highest BCUT2D eigenvalue weighted by Gasteiger charge is 2.50. The van der Waals surface area contributed by atoms with Crippen molar-refractivity contribution in [2.45, 2.75) is 53.0 Å². The van der Waals surface area contributed by atoms with E-state index >= 15 is 0 Å². The molecule has 0 radical (unpaired) electrons. The summed E-state index contributed by atoms with van der Waals surface area (Å²) in [5.41, 5.74) is 4.16. The molecule has 1 aromatic heterocycles. The Labute approximate surface area is 180 Å². The van der Waals surface area contributed by atoms with Gasteiger partial charge >= 0.3 is 0 Å². The SMILES string of the molecule is Cc1ccc(-c2nc(N3CC4(C)CC3CC(C)(C)C4)c3ccccc3n2)cc1.Cl. The summed E-state index contributed by atoms with van der Waals surface area (Å²) in [6.45, 7) is 10.5. The zero-order valence-corrected chi connectivity index (χ0v) is 18.6. The van der Waals surface area contributed by atoms with E-state index in [0.29, 0.717) is 16.9 Å². The van der Waals surface area contributed by atoms with Gasteiger partial charge in [0.05, 0.1) is 5.52 Å². The third-order valence-electron chi connectivity index (χ3n) is 6.58. The number of hydrogen-bond donors (Lipinski definition) is 0. The van der Waals surface area contributed by atoms with Gasteiger partial charge in [-0.1, -0.05) is 62.7 Å². The molecule has 0 N–H and O–H groups in total. The Balaban J connectivity index is 0.00000205. The van der Waals surface area contributed by atoms with Gasteiger partial charge in [0.15, 0.2) is 5.82 Å². The van der Waals surface area contributed by atoms with Crippen LogP contribution >= 0.6 is 12.4 Å². The minimum Gasteiger partial charge on any atom is -0.352 e. The summed E-state index contributed by atoms with van der Waals surface area (Å²) >= 11 is 0. The summed E-state index contributed by atoms with van der Waals surface area (Å²) in [6, 6.07) is 17.6. The maximum Gasteiger partial charge on any atom is 0.162 e. The normalized spacial score (nSPS) is 25.1. The Morgan fingerprint density at radius 2 is 1.66 bits per heavy atom. The van der Waals surface area contributed by atoms with Gasteiger partial charge < -0.3 is 4.90 Å². The lowest BCUT2D eigenvalue weighted by Gasteiger charge is -2.39. The molecule has 1 saturated carbocycles. The van der Waals surface area contributed by atoms with Crippen molar-refractivity contribution in [2.75, 3.05) is 11.4 Å². The van der Waals surface area contributed by atoms with Crippen molar-refractivity contribution >= 4 is 29.1 Å². The van der Waals surface area contributed by atoms with Crippen LogP contribution in [0.5, 0.6) is 0 Å². The topological polar surface area (TPSA) is 29.0 Å². The third-order valence-corrected chi connectivity index (χ3v) is 6.58. The molecule has 2 heterocycles. The summed E-state index contributed by atoms with van der Waals surface area (Å²) in [5.74, 6) is 1.95. The summed E-state index contributed by atoms with van der Waals surface area (Å²) in [4.78, 5) is 12.6. The highest BCUT2D eigenvalue weighted by Crippen LogP contribution is 2.53. The fraction of sp³-hybridized carbons (Fsp3) is 0.440. The molecule has 152 valence electrons. The van der Waals surface area contributed by atoms with Crippen LogP contribution in [0.1, 0.15) is 45.6 Å². The quantitative estimate of drug-likeness (QED) is 0.490. The van der Waals surface area contributed by atoms with Crippen LogP contribution in [0.15, 0.2) is 48.5 Å². The van der Waals surface area contributed by atoms with E-state index in [4.69, 9.17) is 9.97 Å². The van der Waals surface area contributed by atoms with Crippen molar-refractivity contribution in [3.05, 3.63) is 54.1 Å². The van der Waals surface area contributed by atoms with E-state index < -0.39 is 0 Å². The number of benzene rings is 2. The maximum atomic E-state index is 5.14. The van der Waals surface area contributed by atoms with Gasteiger partial charge in [-0.3, -0.25) is 0 Å². The van der Waals surface area contributed by atoms with Gasteiger partial charge in [0.25, 0.3) is 0 Å². The van der Waals surface area contributed by atoms with Crippen LogP contribution in [-0.2, 0) is 0 Å². The summed E-state index contributed by atoms with van der Waals surface area (Å²) in [7, 11) is 0. The predicted molar refractivity (Wildman–Crippen MR) is 124 cm³/mol. The fourth-order valence-electron chi connectivity index (χ4n) is 5.82. The van der Waals surface area contributed by atoms with Gasteiger partial charge in [0, 0.05) is 23.5 Å². The number of para-hydroxylation sites is 1. The van der Waals surface area contributed by atoms with Crippen LogP contribution in [-0.4, -0.2) is 22.6 Å². The average Bonchev–Trinajstić information content (AvgIpc) is 2.90. The third kappa shape index (κ3) is 3.61. The Morgan fingerprint density at radius 1 is 0.931 bits per heavy atom. The molecule has 1 aliphatic carbocycles. The van der Waals surface area contributed by atoms with Crippen molar-refractivity contribution in [3.8, 4) is 11.4 Å². The first-order chi connectivity index (χ1) is 13.3. The van der Waals surface area contributed by atoms with Crippen LogP contribution in [0.25, 0.3) is 22.3 Å². The van der Waals surface area contributed by atoms with Crippen molar-refractivity contribution in [1.82, 2.24) is 9.97 Å².